The third kappa shape index (κ3) is 4.40. The molecule has 0 saturated carbocycles. The Morgan fingerprint density at radius 1 is 1.11 bits per heavy atom. The van der Waals surface area contributed by atoms with Crippen molar-refractivity contribution in [1.29, 1.82) is 0 Å². The van der Waals surface area contributed by atoms with E-state index >= 15 is 0 Å². The summed E-state index contributed by atoms with van der Waals surface area (Å²) in [6.45, 7) is 5.08. The van der Waals surface area contributed by atoms with Gasteiger partial charge in [0.15, 0.2) is 5.82 Å². The number of hydrogen-bond acceptors (Lipinski definition) is 9. The van der Waals surface area contributed by atoms with Crippen molar-refractivity contribution in [2.75, 3.05) is 38.2 Å². The molecule has 10 nitrogen and oxygen atoms in total. The summed E-state index contributed by atoms with van der Waals surface area (Å²) in [4.78, 5) is 21.3. The Hall–Kier alpha value is -3.70. The van der Waals surface area contributed by atoms with Crippen LogP contribution in [0.15, 0.2) is 48.5 Å². The molecule has 1 atom stereocenters. The zero-order valence-corrected chi connectivity index (χ0v) is 20.3. The van der Waals surface area contributed by atoms with E-state index in [1.54, 1.807) is 19.2 Å². The van der Waals surface area contributed by atoms with Crippen LogP contribution in [0.25, 0.3) is 4.96 Å². The number of aromatic hydroxyl groups is 1. The first kappa shape index (κ1) is 23.1. The van der Waals surface area contributed by atoms with Crippen molar-refractivity contribution in [1.82, 2.24) is 19.5 Å². The van der Waals surface area contributed by atoms with Crippen LogP contribution >= 0.6 is 11.3 Å². The van der Waals surface area contributed by atoms with Crippen molar-refractivity contribution in [3.05, 3.63) is 74.9 Å². The van der Waals surface area contributed by atoms with Gasteiger partial charge in [-0.25, -0.2) is 4.98 Å². The lowest BCUT2D eigenvalue weighted by Gasteiger charge is -2.40. The lowest BCUT2D eigenvalue weighted by molar-refractivity contribution is -0.384. The first-order chi connectivity index (χ1) is 17.0. The molecule has 0 bridgehead atoms. The first-order valence-corrected chi connectivity index (χ1v) is 12.2. The van der Waals surface area contributed by atoms with E-state index < -0.39 is 4.92 Å². The fourth-order valence-corrected chi connectivity index (χ4v) is 5.59. The number of aromatic nitrogens is 3. The minimum atomic E-state index is -0.403. The number of nitro benzene ring substituents is 1. The first-order valence-electron chi connectivity index (χ1n) is 11.4. The van der Waals surface area contributed by atoms with Gasteiger partial charge in [0.1, 0.15) is 5.75 Å². The van der Waals surface area contributed by atoms with Crippen LogP contribution in [0.2, 0.25) is 0 Å². The Bertz CT molecular complexity index is 1330. The van der Waals surface area contributed by atoms with Crippen molar-refractivity contribution < 1.29 is 14.8 Å². The Morgan fingerprint density at radius 3 is 2.37 bits per heavy atom. The fraction of sp³-hybridized carbons (Fsp3) is 0.333. The van der Waals surface area contributed by atoms with E-state index in [2.05, 4.69) is 32.0 Å². The second kappa shape index (κ2) is 9.51. The molecule has 1 aliphatic rings. The van der Waals surface area contributed by atoms with Crippen molar-refractivity contribution >= 4 is 27.7 Å². The van der Waals surface area contributed by atoms with Gasteiger partial charge in [-0.1, -0.05) is 30.4 Å². The fourth-order valence-electron chi connectivity index (χ4n) is 4.46. The van der Waals surface area contributed by atoms with Gasteiger partial charge in [0.25, 0.3) is 5.69 Å². The summed E-state index contributed by atoms with van der Waals surface area (Å²) in [7, 11) is 1.65. The van der Waals surface area contributed by atoms with E-state index in [4.69, 9.17) is 4.74 Å². The summed E-state index contributed by atoms with van der Waals surface area (Å²) in [5, 5.41) is 26.7. The quantitative estimate of drug-likeness (QED) is 0.304. The van der Waals surface area contributed by atoms with Gasteiger partial charge in [-0.3, -0.25) is 15.0 Å². The Labute approximate surface area is 206 Å². The molecule has 0 amide bonds. The van der Waals surface area contributed by atoms with E-state index in [0.29, 0.717) is 17.2 Å². The molecule has 1 fully saturated rings. The molecular formula is C24H26N6O4S. The van der Waals surface area contributed by atoms with E-state index in [1.165, 1.54) is 28.0 Å². The highest BCUT2D eigenvalue weighted by Crippen LogP contribution is 2.41. The number of aryl methyl sites for hydroxylation is 1. The molecule has 11 heteroatoms. The van der Waals surface area contributed by atoms with Crippen LogP contribution in [-0.4, -0.2) is 62.8 Å². The molecule has 0 spiro atoms. The van der Waals surface area contributed by atoms with Crippen LogP contribution in [0.4, 0.5) is 11.4 Å². The van der Waals surface area contributed by atoms with Gasteiger partial charge in [-0.05, 0) is 29.8 Å². The summed E-state index contributed by atoms with van der Waals surface area (Å²) in [6, 6.07) is 14.3. The minimum absolute atomic E-state index is 0.0382. The number of nitro groups is 1. The van der Waals surface area contributed by atoms with E-state index in [-0.39, 0.29) is 17.6 Å². The summed E-state index contributed by atoms with van der Waals surface area (Å²) < 4.78 is 6.76. The number of piperazine rings is 1. The number of hydrogen-bond donors (Lipinski definition) is 1. The Morgan fingerprint density at radius 2 is 1.80 bits per heavy atom. The number of anilines is 1. The number of rotatable bonds is 7. The number of fused-ring (bicyclic) bond motifs is 1. The maximum atomic E-state index is 11.2. The maximum Gasteiger partial charge on any atom is 0.269 e. The SMILES string of the molecule is CCc1nc2sc([C@H](c3ccc([N+](=O)[O-])cc3)N3CCN(c4ccc(OC)cc4)CC3)c(O)n2n1. The van der Waals surface area contributed by atoms with Crippen molar-refractivity contribution in [3.63, 3.8) is 0 Å². The Kier molecular flexibility index (Phi) is 6.27. The lowest BCUT2D eigenvalue weighted by atomic mass is 10.0. The average molecular weight is 495 g/mol. The molecule has 1 aliphatic heterocycles. The van der Waals surface area contributed by atoms with Gasteiger partial charge < -0.3 is 14.7 Å². The second-order valence-electron chi connectivity index (χ2n) is 8.34. The number of methoxy groups -OCH3 is 1. The van der Waals surface area contributed by atoms with Gasteiger partial charge in [0, 0.05) is 50.4 Å². The standard InChI is InChI=1S/C24H26N6O4S/c1-3-20-25-24-29(26-20)23(31)22(35-24)21(16-4-6-18(7-5-16)30(32)33)28-14-12-27(13-15-28)17-8-10-19(34-2)11-9-17/h4-11,21,31H,3,12-15H2,1-2H3/t21-/m0/s1. The molecule has 0 unspecified atom stereocenters. The van der Waals surface area contributed by atoms with Crippen molar-refractivity contribution in [3.8, 4) is 11.6 Å². The van der Waals surface area contributed by atoms with E-state index in [0.717, 1.165) is 48.1 Å². The summed E-state index contributed by atoms with van der Waals surface area (Å²) in [5.74, 6) is 1.57. The van der Waals surface area contributed by atoms with Gasteiger partial charge in [-0.15, -0.1) is 5.10 Å². The summed E-state index contributed by atoms with van der Waals surface area (Å²) in [5.41, 5.74) is 2.05. The molecule has 4 aromatic rings. The van der Waals surface area contributed by atoms with E-state index in [1.807, 2.05) is 19.1 Å². The lowest BCUT2D eigenvalue weighted by Crippen LogP contribution is -2.47. The number of non-ortho nitro benzene ring substituents is 1. The molecular weight excluding hydrogens is 468 g/mol. The topological polar surface area (TPSA) is 109 Å². The largest absolute Gasteiger partial charge is 0.497 e. The highest BCUT2D eigenvalue weighted by molar-refractivity contribution is 7.17. The third-order valence-corrected chi connectivity index (χ3v) is 7.42. The predicted octanol–water partition coefficient (Wildman–Crippen LogP) is 3.89. The normalized spacial score (nSPS) is 15.4. The van der Waals surface area contributed by atoms with Gasteiger partial charge >= 0.3 is 0 Å². The minimum Gasteiger partial charge on any atom is -0.497 e. The van der Waals surface area contributed by atoms with Gasteiger partial charge in [0.05, 0.1) is 23.0 Å². The summed E-state index contributed by atoms with van der Waals surface area (Å²) in [6.07, 6.45) is 0.683. The second-order valence-corrected chi connectivity index (χ2v) is 9.35. The van der Waals surface area contributed by atoms with Crippen LogP contribution in [0, 0.1) is 10.1 Å². The number of nitrogens with zero attached hydrogens (tertiary/aromatic N) is 6. The molecule has 0 aliphatic carbocycles. The zero-order chi connectivity index (χ0) is 24.5. The van der Waals surface area contributed by atoms with Gasteiger partial charge in [-0.2, -0.15) is 4.52 Å². The molecule has 182 valence electrons. The maximum absolute atomic E-state index is 11.2. The smallest absolute Gasteiger partial charge is 0.269 e. The Balaban J connectivity index is 1.45. The number of benzene rings is 2. The van der Waals surface area contributed by atoms with Crippen molar-refractivity contribution in [2.24, 2.45) is 0 Å². The molecule has 2 aromatic heterocycles. The molecule has 5 rings (SSSR count). The third-order valence-electron chi connectivity index (χ3n) is 6.34. The van der Waals surface area contributed by atoms with Crippen molar-refractivity contribution in [2.45, 2.75) is 19.4 Å². The molecule has 3 heterocycles. The zero-order valence-electron chi connectivity index (χ0n) is 19.5. The highest BCUT2D eigenvalue weighted by Gasteiger charge is 2.32. The average Bonchev–Trinajstić information content (AvgIpc) is 3.44. The molecule has 1 saturated heterocycles. The summed E-state index contributed by atoms with van der Waals surface area (Å²) >= 11 is 1.40. The molecule has 35 heavy (non-hydrogen) atoms. The monoisotopic (exact) mass is 494 g/mol. The molecule has 0 radical (unpaired) electrons. The van der Waals surface area contributed by atoms with Crippen LogP contribution in [0.1, 0.15) is 29.2 Å². The number of ether oxygens (including phenoxy) is 1. The van der Waals surface area contributed by atoms with Crippen LogP contribution in [-0.2, 0) is 6.42 Å². The van der Waals surface area contributed by atoms with Crippen LogP contribution < -0.4 is 9.64 Å². The van der Waals surface area contributed by atoms with Gasteiger partial charge in [0.2, 0.25) is 10.8 Å². The highest BCUT2D eigenvalue weighted by atomic mass is 32.1. The number of thiazole rings is 1. The van der Waals surface area contributed by atoms with Crippen LogP contribution in [0.3, 0.4) is 0 Å². The molecule has 1 N–H and O–H groups in total. The molecule has 2 aromatic carbocycles. The predicted molar refractivity (Wildman–Crippen MR) is 134 cm³/mol. The van der Waals surface area contributed by atoms with Crippen LogP contribution in [0.5, 0.6) is 11.6 Å². The van der Waals surface area contributed by atoms with E-state index in [9.17, 15) is 15.2 Å².